The predicted molar refractivity (Wildman–Crippen MR) is 80.4 cm³/mol. The van der Waals surface area contributed by atoms with E-state index in [1.807, 2.05) is 13.8 Å². The third-order valence-corrected chi connectivity index (χ3v) is 2.53. The van der Waals surface area contributed by atoms with Gasteiger partial charge in [-0.1, -0.05) is 11.6 Å². The molecule has 0 radical (unpaired) electrons. The van der Waals surface area contributed by atoms with E-state index < -0.39 is 0 Å². The first-order chi connectivity index (χ1) is 9.49. The van der Waals surface area contributed by atoms with Crippen LogP contribution in [0.3, 0.4) is 0 Å². The van der Waals surface area contributed by atoms with Gasteiger partial charge in [-0.3, -0.25) is 0 Å². The topological polar surface area (TPSA) is 44.8 Å². The minimum atomic E-state index is -0.313. The quantitative estimate of drug-likeness (QED) is 0.266. The van der Waals surface area contributed by atoms with Gasteiger partial charge in [-0.2, -0.15) is 0 Å². The molecule has 0 fully saturated rings. The Labute approximate surface area is 122 Å². The van der Waals surface area contributed by atoms with Crippen LogP contribution < -0.4 is 0 Å². The number of carbonyl (C=O) groups excluding carboxylic acids is 1. The van der Waals surface area contributed by atoms with Crippen LogP contribution in [-0.4, -0.2) is 32.1 Å². The van der Waals surface area contributed by atoms with Gasteiger partial charge in [0, 0.05) is 12.7 Å². The van der Waals surface area contributed by atoms with E-state index in [1.165, 1.54) is 11.6 Å². The molecule has 20 heavy (non-hydrogen) atoms. The molecule has 0 aromatic carbocycles. The Morgan fingerprint density at radius 1 is 1.15 bits per heavy atom. The van der Waals surface area contributed by atoms with Gasteiger partial charge in [0.15, 0.2) is 6.29 Å². The van der Waals surface area contributed by atoms with E-state index in [-0.39, 0.29) is 12.3 Å². The van der Waals surface area contributed by atoms with Crippen molar-refractivity contribution in [2.24, 2.45) is 0 Å². The molecule has 0 amide bonds. The number of hydrogen-bond acceptors (Lipinski definition) is 4. The highest BCUT2D eigenvalue weighted by molar-refractivity contribution is 5.82. The van der Waals surface area contributed by atoms with Gasteiger partial charge in [-0.15, -0.1) is 0 Å². The molecule has 0 N–H and O–H groups in total. The van der Waals surface area contributed by atoms with E-state index in [9.17, 15) is 4.79 Å². The third-order valence-electron chi connectivity index (χ3n) is 2.53. The van der Waals surface area contributed by atoms with Crippen molar-refractivity contribution in [3.63, 3.8) is 0 Å². The summed E-state index contributed by atoms with van der Waals surface area (Å²) >= 11 is 0. The summed E-state index contributed by atoms with van der Waals surface area (Å²) in [4.78, 5) is 11.5. The maximum Gasteiger partial charge on any atom is 0.330 e. The molecule has 116 valence electrons. The molecule has 0 bridgehead atoms. The zero-order valence-electron chi connectivity index (χ0n) is 13.4. The van der Waals surface area contributed by atoms with E-state index in [4.69, 9.17) is 14.2 Å². The fraction of sp³-hybridized carbons (Fsp3) is 0.688. The molecule has 0 saturated heterocycles. The van der Waals surface area contributed by atoms with Gasteiger partial charge in [-0.05, 0) is 53.0 Å². The lowest BCUT2D eigenvalue weighted by Gasteiger charge is -2.14. The lowest BCUT2D eigenvalue weighted by Crippen LogP contribution is -2.15. The second-order valence-electron chi connectivity index (χ2n) is 4.71. The highest BCUT2D eigenvalue weighted by Gasteiger charge is 2.06. The van der Waals surface area contributed by atoms with E-state index in [1.54, 1.807) is 6.92 Å². The lowest BCUT2D eigenvalue weighted by molar-refractivity contribution is -0.137. The van der Waals surface area contributed by atoms with Crippen LogP contribution in [0.4, 0.5) is 0 Å². The third kappa shape index (κ3) is 10.8. The molecule has 0 spiro atoms. The average molecular weight is 284 g/mol. The molecule has 1 unspecified atom stereocenters. The lowest BCUT2D eigenvalue weighted by atomic mass is 10.1. The van der Waals surface area contributed by atoms with Crippen molar-refractivity contribution < 1.29 is 19.0 Å². The molecule has 0 rings (SSSR count). The van der Waals surface area contributed by atoms with Gasteiger partial charge in [0.25, 0.3) is 0 Å². The van der Waals surface area contributed by atoms with Crippen LogP contribution >= 0.6 is 0 Å². The number of carbonyl (C=O) groups is 1. The summed E-state index contributed by atoms with van der Waals surface area (Å²) in [5.41, 5.74) is 2.19. The fourth-order valence-electron chi connectivity index (χ4n) is 1.59. The maximum atomic E-state index is 11.5. The average Bonchev–Trinajstić information content (AvgIpc) is 2.36. The van der Waals surface area contributed by atoms with Gasteiger partial charge in [-0.25, -0.2) is 4.79 Å². The number of esters is 1. The Hall–Kier alpha value is -1.13. The predicted octanol–water partition coefficient (Wildman–Crippen LogP) is 3.62. The summed E-state index contributed by atoms with van der Waals surface area (Å²) in [5, 5.41) is 0. The molecule has 0 aliphatic heterocycles. The zero-order valence-corrected chi connectivity index (χ0v) is 13.4. The van der Waals surface area contributed by atoms with Gasteiger partial charge in [0.1, 0.15) is 0 Å². The number of rotatable bonds is 10. The Kier molecular flexibility index (Phi) is 11.0. The number of allylic oxidation sites excluding steroid dienone is 2. The van der Waals surface area contributed by atoms with E-state index in [2.05, 4.69) is 19.9 Å². The summed E-state index contributed by atoms with van der Waals surface area (Å²) in [6.07, 6.45) is 5.07. The molecule has 0 saturated carbocycles. The van der Waals surface area contributed by atoms with Crippen molar-refractivity contribution in [2.45, 2.75) is 53.8 Å². The second kappa shape index (κ2) is 11.7. The van der Waals surface area contributed by atoms with Gasteiger partial charge in [0.05, 0.1) is 13.2 Å². The molecule has 0 aliphatic rings. The molecule has 0 aromatic heterocycles. The molecule has 4 heteroatoms. The molecule has 0 aromatic rings. The monoisotopic (exact) mass is 284 g/mol. The summed E-state index contributed by atoms with van der Waals surface area (Å²) in [7, 11) is 0. The SMILES string of the molecule is CCOC(=O)/C=C(/CCC=C(C)C)COC(C)OCC. The summed E-state index contributed by atoms with van der Waals surface area (Å²) < 4.78 is 15.8. The van der Waals surface area contributed by atoms with Gasteiger partial charge < -0.3 is 14.2 Å². The van der Waals surface area contributed by atoms with Crippen LogP contribution in [0.5, 0.6) is 0 Å². The molecule has 1 atom stereocenters. The summed E-state index contributed by atoms with van der Waals surface area (Å²) in [6.45, 7) is 11.1. The van der Waals surface area contributed by atoms with Gasteiger partial charge in [0.2, 0.25) is 0 Å². The van der Waals surface area contributed by atoms with Crippen molar-refractivity contribution in [2.75, 3.05) is 19.8 Å². The van der Waals surface area contributed by atoms with Crippen molar-refractivity contribution in [1.82, 2.24) is 0 Å². The van der Waals surface area contributed by atoms with E-state index in [0.29, 0.717) is 19.8 Å². The van der Waals surface area contributed by atoms with E-state index >= 15 is 0 Å². The van der Waals surface area contributed by atoms with Crippen molar-refractivity contribution in [1.29, 1.82) is 0 Å². The summed E-state index contributed by atoms with van der Waals surface area (Å²) in [6, 6.07) is 0. The van der Waals surface area contributed by atoms with Gasteiger partial charge >= 0.3 is 5.97 Å². The number of hydrogen-bond donors (Lipinski definition) is 0. The first-order valence-electron chi connectivity index (χ1n) is 7.22. The summed E-state index contributed by atoms with van der Waals surface area (Å²) in [5.74, 6) is -0.313. The Bertz CT molecular complexity index is 327. The second-order valence-corrected chi connectivity index (χ2v) is 4.71. The molecular weight excluding hydrogens is 256 g/mol. The van der Waals surface area contributed by atoms with Crippen molar-refractivity contribution in [3.05, 3.63) is 23.3 Å². The maximum absolute atomic E-state index is 11.5. The van der Waals surface area contributed by atoms with Crippen molar-refractivity contribution >= 4 is 5.97 Å². The largest absolute Gasteiger partial charge is 0.463 e. The Balaban J connectivity index is 4.45. The molecule has 0 heterocycles. The minimum Gasteiger partial charge on any atom is -0.463 e. The molecular formula is C16H28O4. The zero-order chi connectivity index (χ0) is 15.4. The first-order valence-corrected chi connectivity index (χ1v) is 7.22. The fourth-order valence-corrected chi connectivity index (χ4v) is 1.59. The molecule has 4 nitrogen and oxygen atoms in total. The van der Waals surface area contributed by atoms with Crippen LogP contribution in [0.1, 0.15) is 47.5 Å². The standard InChI is InChI=1S/C16H28O4/c1-6-18-14(5)20-12-15(10-8-9-13(3)4)11-16(17)19-7-2/h9,11,14H,6-8,10,12H2,1-5H3/b15-11-. The minimum absolute atomic E-state index is 0.269. The Morgan fingerprint density at radius 3 is 2.40 bits per heavy atom. The smallest absolute Gasteiger partial charge is 0.330 e. The highest BCUT2D eigenvalue weighted by Crippen LogP contribution is 2.10. The Morgan fingerprint density at radius 2 is 1.85 bits per heavy atom. The molecule has 0 aliphatic carbocycles. The normalized spacial score (nSPS) is 12.9. The number of ether oxygens (including phenoxy) is 3. The van der Waals surface area contributed by atoms with Crippen LogP contribution in [-0.2, 0) is 19.0 Å². The first kappa shape index (κ1) is 18.9. The van der Waals surface area contributed by atoms with Crippen molar-refractivity contribution in [3.8, 4) is 0 Å². The van der Waals surface area contributed by atoms with Crippen LogP contribution in [0.25, 0.3) is 0 Å². The van der Waals surface area contributed by atoms with Crippen LogP contribution in [0.2, 0.25) is 0 Å². The van der Waals surface area contributed by atoms with Crippen LogP contribution in [0, 0.1) is 0 Å². The van der Waals surface area contributed by atoms with Crippen LogP contribution in [0.15, 0.2) is 23.3 Å². The van der Waals surface area contributed by atoms with E-state index in [0.717, 1.165) is 18.4 Å². The highest BCUT2D eigenvalue weighted by atomic mass is 16.7.